The maximum Gasteiger partial charge on any atom is 0.326 e. The van der Waals surface area contributed by atoms with Gasteiger partial charge in [0.25, 0.3) is 11.8 Å². The minimum Gasteiger partial charge on any atom is -0.459 e. The summed E-state index contributed by atoms with van der Waals surface area (Å²) in [5, 5.41) is 7.00. The largest absolute Gasteiger partial charge is 0.459 e. The molecule has 0 aliphatic carbocycles. The summed E-state index contributed by atoms with van der Waals surface area (Å²) >= 11 is 0. The van der Waals surface area contributed by atoms with Crippen LogP contribution >= 0.6 is 0 Å². The SMILES string of the molecule is CC(OC(=O)CNC(=O)c1ccco1)C(=O)Nc1cccc2ccccc12. The second-order valence-corrected chi connectivity index (χ2v) is 5.81. The van der Waals surface area contributed by atoms with Gasteiger partial charge in [0.15, 0.2) is 11.9 Å². The van der Waals surface area contributed by atoms with Crippen LogP contribution in [0.25, 0.3) is 10.8 Å². The first kappa shape index (κ1) is 18.2. The Morgan fingerprint density at radius 3 is 2.59 bits per heavy atom. The van der Waals surface area contributed by atoms with Crippen molar-refractivity contribution < 1.29 is 23.5 Å². The topological polar surface area (TPSA) is 97.6 Å². The molecule has 138 valence electrons. The molecular weight excluding hydrogens is 348 g/mol. The number of anilines is 1. The van der Waals surface area contributed by atoms with Crippen molar-refractivity contribution in [2.45, 2.75) is 13.0 Å². The Morgan fingerprint density at radius 2 is 1.81 bits per heavy atom. The molecule has 0 spiro atoms. The van der Waals surface area contributed by atoms with E-state index in [-0.39, 0.29) is 12.3 Å². The van der Waals surface area contributed by atoms with Gasteiger partial charge in [0.1, 0.15) is 6.54 Å². The highest BCUT2D eigenvalue weighted by atomic mass is 16.5. The minimum absolute atomic E-state index is 0.0875. The van der Waals surface area contributed by atoms with E-state index in [4.69, 9.17) is 9.15 Å². The summed E-state index contributed by atoms with van der Waals surface area (Å²) in [6, 6.07) is 16.2. The van der Waals surface area contributed by atoms with Crippen LogP contribution < -0.4 is 10.6 Å². The van der Waals surface area contributed by atoms with Crippen LogP contribution in [0.1, 0.15) is 17.5 Å². The smallest absolute Gasteiger partial charge is 0.326 e. The third-order valence-corrected chi connectivity index (χ3v) is 3.86. The van der Waals surface area contributed by atoms with E-state index in [1.54, 1.807) is 12.1 Å². The lowest BCUT2D eigenvalue weighted by Crippen LogP contribution is -2.35. The Bertz CT molecular complexity index is 960. The van der Waals surface area contributed by atoms with Gasteiger partial charge in [-0.2, -0.15) is 0 Å². The lowest BCUT2D eigenvalue weighted by molar-refractivity contribution is -0.152. The number of ether oxygens (including phenoxy) is 1. The summed E-state index contributed by atoms with van der Waals surface area (Å²) in [6.07, 6.45) is 0.337. The van der Waals surface area contributed by atoms with Crippen molar-refractivity contribution in [1.29, 1.82) is 0 Å². The zero-order valence-corrected chi connectivity index (χ0v) is 14.6. The van der Waals surface area contributed by atoms with Gasteiger partial charge in [-0.3, -0.25) is 14.4 Å². The molecule has 0 radical (unpaired) electrons. The highest BCUT2D eigenvalue weighted by Crippen LogP contribution is 2.23. The molecule has 1 unspecified atom stereocenters. The maximum absolute atomic E-state index is 12.3. The number of nitrogens with one attached hydrogen (secondary N) is 2. The second kappa shape index (κ2) is 8.18. The Hall–Kier alpha value is -3.61. The molecule has 1 atom stereocenters. The number of fused-ring (bicyclic) bond motifs is 1. The summed E-state index contributed by atoms with van der Waals surface area (Å²) in [6.45, 7) is 1.10. The molecule has 2 aromatic carbocycles. The van der Waals surface area contributed by atoms with E-state index in [1.165, 1.54) is 19.3 Å². The zero-order chi connectivity index (χ0) is 19.2. The third-order valence-electron chi connectivity index (χ3n) is 3.86. The van der Waals surface area contributed by atoms with E-state index in [0.717, 1.165) is 10.8 Å². The van der Waals surface area contributed by atoms with Crippen LogP contribution in [0.4, 0.5) is 5.69 Å². The van der Waals surface area contributed by atoms with Crippen LogP contribution in [0.15, 0.2) is 65.3 Å². The average molecular weight is 366 g/mol. The van der Waals surface area contributed by atoms with Gasteiger partial charge in [0.2, 0.25) is 0 Å². The summed E-state index contributed by atoms with van der Waals surface area (Å²) in [4.78, 5) is 35.9. The first-order valence-corrected chi connectivity index (χ1v) is 8.34. The number of esters is 1. The van der Waals surface area contributed by atoms with Gasteiger partial charge in [-0.25, -0.2) is 0 Å². The Balaban J connectivity index is 1.54. The Morgan fingerprint density at radius 1 is 1.04 bits per heavy atom. The van der Waals surface area contributed by atoms with Crippen LogP contribution in [0, 0.1) is 0 Å². The molecule has 0 saturated carbocycles. The average Bonchev–Trinajstić information content (AvgIpc) is 3.21. The molecule has 0 aliphatic heterocycles. The first-order chi connectivity index (χ1) is 13.0. The Labute approximate surface area is 155 Å². The van der Waals surface area contributed by atoms with Crippen molar-refractivity contribution in [2.24, 2.45) is 0 Å². The van der Waals surface area contributed by atoms with Gasteiger partial charge in [-0.15, -0.1) is 0 Å². The first-order valence-electron chi connectivity index (χ1n) is 8.34. The fourth-order valence-electron chi connectivity index (χ4n) is 2.51. The molecule has 2 N–H and O–H groups in total. The van der Waals surface area contributed by atoms with E-state index in [0.29, 0.717) is 5.69 Å². The fraction of sp³-hybridized carbons (Fsp3) is 0.150. The molecule has 3 rings (SSSR count). The van der Waals surface area contributed by atoms with Gasteiger partial charge in [-0.05, 0) is 30.5 Å². The van der Waals surface area contributed by atoms with Crippen molar-refractivity contribution in [2.75, 3.05) is 11.9 Å². The van der Waals surface area contributed by atoms with Gasteiger partial charge >= 0.3 is 5.97 Å². The molecule has 27 heavy (non-hydrogen) atoms. The number of hydrogen-bond acceptors (Lipinski definition) is 5. The van der Waals surface area contributed by atoms with Crippen LogP contribution in [0.3, 0.4) is 0 Å². The van der Waals surface area contributed by atoms with Crippen molar-refractivity contribution in [3.05, 3.63) is 66.6 Å². The van der Waals surface area contributed by atoms with Crippen LogP contribution in [0.5, 0.6) is 0 Å². The summed E-state index contributed by atoms with van der Waals surface area (Å²) in [7, 11) is 0. The van der Waals surface area contributed by atoms with Gasteiger partial charge in [0.05, 0.1) is 6.26 Å². The molecule has 3 aromatic rings. The van der Waals surface area contributed by atoms with E-state index in [9.17, 15) is 14.4 Å². The predicted octanol–water partition coefficient (Wildman–Crippen LogP) is 2.73. The van der Waals surface area contributed by atoms with E-state index >= 15 is 0 Å². The molecule has 7 heteroatoms. The van der Waals surface area contributed by atoms with Crippen LogP contribution in [-0.4, -0.2) is 30.4 Å². The predicted molar refractivity (Wildman–Crippen MR) is 99.2 cm³/mol. The standard InChI is InChI=1S/C20H18N2O5/c1-13(27-18(23)12-21-20(25)17-10-5-11-26-17)19(24)22-16-9-4-7-14-6-2-3-8-15(14)16/h2-11,13H,12H2,1H3,(H,21,25)(H,22,24). The molecule has 1 heterocycles. The number of carbonyl (C=O) groups excluding carboxylic acids is 3. The quantitative estimate of drug-likeness (QED) is 0.654. The lowest BCUT2D eigenvalue weighted by Gasteiger charge is -2.15. The highest BCUT2D eigenvalue weighted by molar-refractivity contribution is 6.03. The number of benzene rings is 2. The van der Waals surface area contributed by atoms with Crippen molar-refractivity contribution >= 4 is 34.2 Å². The normalized spacial score (nSPS) is 11.6. The molecule has 0 bridgehead atoms. The van der Waals surface area contributed by atoms with E-state index < -0.39 is 23.9 Å². The van der Waals surface area contributed by atoms with Gasteiger partial charge in [-0.1, -0.05) is 36.4 Å². The van der Waals surface area contributed by atoms with Crippen molar-refractivity contribution in [3.63, 3.8) is 0 Å². The molecule has 2 amide bonds. The molecule has 0 aliphatic rings. The molecular formula is C20H18N2O5. The van der Waals surface area contributed by atoms with Gasteiger partial charge < -0.3 is 19.8 Å². The summed E-state index contributed by atoms with van der Waals surface area (Å²) in [5.41, 5.74) is 0.632. The zero-order valence-electron chi connectivity index (χ0n) is 14.6. The number of rotatable bonds is 6. The minimum atomic E-state index is -1.02. The molecule has 1 aromatic heterocycles. The third kappa shape index (κ3) is 4.52. The lowest BCUT2D eigenvalue weighted by atomic mass is 10.1. The fourth-order valence-corrected chi connectivity index (χ4v) is 2.51. The maximum atomic E-state index is 12.3. The monoisotopic (exact) mass is 366 g/mol. The number of furan rings is 1. The van der Waals surface area contributed by atoms with Crippen LogP contribution in [-0.2, 0) is 14.3 Å². The Kier molecular flexibility index (Phi) is 5.51. The van der Waals surface area contributed by atoms with Crippen LogP contribution in [0.2, 0.25) is 0 Å². The van der Waals surface area contributed by atoms with Gasteiger partial charge in [0, 0.05) is 11.1 Å². The molecule has 0 saturated heterocycles. The van der Waals surface area contributed by atoms with Crippen molar-refractivity contribution in [3.8, 4) is 0 Å². The van der Waals surface area contributed by atoms with E-state index in [2.05, 4.69) is 10.6 Å². The second-order valence-electron chi connectivity index (χ2n) is 5.81. The van der Waals surface area contributed by atoms with Crippen molar-refractivity contribution in [1.82, 2.24) is 5.32 Å². The highest BCUT2D eigenvalue weighted by Gasteiger charge is 2.19. The number of carbonyl (C=O) groups is 3. The van der Waals surface area contributed by atoms with E-state index in [1.807, 2.05) is 36.4 Å². The molecule has 7 nitrogen and oxygen atoms in total. The number of hydrogen-bond donors (Lipinski definition) is 2. The molecule has 0 fully saturated rings. The summed E-state index contributed by atoms with van der Waals surface area (Å²) < 4.78 is 9.99. The summed E-state index contributed by atoms with van der Waals surface area (Å²) in [5.74, 6) is -1.64. The number of amides is 2.